The van der Waals surface area contributed by atoms with E-state index in [0.717, 1.165) is 0 Å². The van der Waals surface area contributed by atoms with Crippen LogP contribution >= 0.6 is 0 Å². The first-order valence-electron chi connectivity index (χ1n) is 1.93. The van der Waals surface area contributed by atoms with Gasteiger partial charge in [-0.1, -0.05) is 0 Å². The van der Waals surface area contributed by atoms with Crippen molar-refractivity contribution in [2.75, 3.05) is 0 Å². The van der Waals surface area contributed by atoms with Crippen molar-refractivity contribution >= 4 is 12.2 Å². The second-order valence-corrected chi connectivity index (χ2v) is 0.899. The molecule has 0 spiro atoms. The third-order valence-corrected chi connectivity index (χ3v) is 0.247. The van der Waals surface area contributed by atoms with Gasteiger partial charge < -0.3 is 10.2 Å². The number of hydrazine groups is 2. The van der Waals surface area contributed by atoms with Crippen molar-refractivity contribution in [2.24, 2.45) is 11.7 Å². The first kappa shape index (κ1) is 16.6. The Morgan fingerprint density at radius 3 is 1.09 bits per heavy atom. The summed E-state index contributed by atoms with van der Waals surface area (Å²) in [5.41, 5.74) is 2.89. The van der Waals surface area contributed by atoms with Crippen LogP contribution < -0.4 is 22.5 Å². The summed E-state index contributed by atoms with van der Waals surface area (Å²) in [6.07, 6.45) is -2.44. The molecule has 2 amide bonds. The van der Waals surface area contributed by atoms with Crippen LogP contribution in [0.5, 0.6) is 0 Å². The molecule has 0 aromatic carbocycles. The molecule has 0 rings (SSSR count). The Labute approximate surface area is 74.6 Å². The van der Waals surface area contributed by atoms with E-state index in [-0.39, 0.29) is 19.5 Å². The number of hydrogen-bond donors (Lipinski definition) is 6. The molecular weight excluding hydrogens is 209 g/mol. The summed E-state index contributed by atoms with van der Waals surface area (Å²) < 4.78 is 0. The summed E-state index contributed by atoms with van der Waals surface area (Å²) in [4.78, 5) is 18.3. The zero-order valence-corrected chi connectivity index (χ0v) is 8.54. The van der Waals surface area contributed by atoms with Gasteiger partial charge in [-0.05, 0) is 0 Å². The maximum atomic E-state index is 9.13. The zero-order valence-electron chi connectivity index (χ0n) is 5.57. The molecule has 62 valence electrons. The van der Waals surface area contributed by atoms with Gasteiger partial charge in [-0.2, -0.15) is 0 Å². The molecule has 0 fully saturated rings. The average Bonchev–Trinajstić information content (AvgIpc) is 1.89. The van der Waals surface area contributed by atoms with Gasteiger partial charge in [-0.3, -0.25) is 10.9 Å². The molecule has 8 nitrogen and oxygen atoms in total. The predicted molar refractivity (Wildman–Crippen MR) is 30.7 cm³/mol. The van der Waals surface area contributed by atoms with Gasteiger partial charge in [0.25, 0.3) is 0 Å². The van der Waals surface area contributed by atoms with Gasteiger partial charge in [0.2, 0.25) is 0 Å². The summed E-state index contributed by atoms with van der Waals surface area (Å²) in [5, 5.41) is 15.0. The second kappa shape index (κ2) is 11.8. The van der Waals surface area contributed by atoms with Crippen LogP contribution in [-0.4, -0.2) is 22.4 Å². The molecule has 0 aromatic heterocycles. The largest absolute Gasteiger partial charge is 0.464 e. The van der Waals surface area contributed by atoms with E-state index in [0.29, 0.717) is 0 Å². The standard InChI is InChI=1S/2CH4N2O2.Zn/c2*2-3-1(4)5;/h2*3H,2H2,(H,4,5);. The topological polar surface area (TPSA) is 151 Å². The van der Waals surface area contributed by atoms with Gasteiger partial charge in [0, 0.05) is 19.5 Å². The molecule has 9 heteroatoms. The van der Waals surface area contributed by atoms with Crippen LogP contribution in [0.2, 0.25) is 0 Å². The van der Waals surface area contributed by atoms with Crippen molar-refractivity contribution < 1.29 is 39.3 Å². The number of carboxylic acid groups (broad SMARTS) is 2. The Morgan fingerprint density at radius 2 is 1.09 bits per heavy atom. The molecule has 0 atom stereocenters. The number of amides is 2. The molecule has 0 aliphatic carbocycles. The summed E-state index contributed by atoms with van der Waals surface area (Å²) in [7, 11) is 0. The Kier molecular flexibility index (Phi) is 17.8. The SMILES string of the molecule is NNC(=O)O.NNC(=O)O.[Zn]. The minimum absolute atomic E-state index is 0. The normalized spacial score (nSPS) is 6.00. The monoisotopic (exact) mass is 216 g/mol. The van der Waals surface area contributed by atoms with E-state index >= 15 is 0 Å². The molecule has 0 aliphatic heterocycles. The van der Waals surface area contributed by atoms with E-state index in [2.05, 4.69) is 11.7 Å². The Morgan fingerprint density at radius 1 is 1.00 bits per heavy atom. The van der Waals surface area contributed by atoms with Crippen LogP contribution in [0.1, 0.15) is 0 Å². The van der Waals surface area contributed by atoms with Crippen LogP contribution in [-0.2, 0) is 19.5 Å². The molecule has 0 aromatic rings. The summed E-state index contributed by atoms with van der Waals surface area (Å²) in [6.45, 7) is 0. The van der Waals surface area contributed by atoms with E-state index < -0.39 is 12.2 Å². The summed E-state index contributed by atoms with van der Waals surface area (Å²) >= 11 is 0. The van der Waals surface area contributed by atoms with Crippen LogP contribution in [0.15, 0.2) is 0 Å². The van der Waals surface area contributed by atoms with Gasteiger partial charge in [0.15, 0.2) is 0 Å². The van der Waals surface area contributed by atoms with E-state index in [1.54, 1.807) is 0 Å². The van der Waals surface area contributed by atoms with Gasteiger partial charge in [-0.25, -0.2) is 21.3 Å². The molecule has 8 N–H and O–H groups in total. The molecule has 0 aliphatic rings. The van der Waals surface area contributed by atoms with E-state index in [4.69, 9.17) is 19.8 Å². The molecule has 11 heavy (non-hydrogen) atoms. The third kappa shape index (κ3) is 47.9. The quantitative estimate of drug-likeness (QED) is 0.123. The smallest absolute Gasteiger partial charge is 0.418 e. The van der Waals surface area contributed by atoms with Gasteiger partial charge in [-0.15, -0.1) is 0 Å². The second-order valence-electron chi connectivity index (χ2n) is 0.899. The van der Waals surface area contributed by atoms with Crippen LogP contribution in [0.3, 0.4) is 0 Å². The van der Waals surface area contributed by atoms with Gasteiger partial charge in [0.1, 0.15) is 0 Å². The Hall–Kier alpha value is -0.917. The Bertz CT molecular complexity index is 105. The summed E-state index contributed by atoms with van der Waals surface area (Å²) in [6, 6.07) is 0. The number of nitrogens with two attached hydrogens (primary N) is 2. The van der Waals surface area contributed by atoms with E-state index in [9.17, 15) is 0 Å². The van der Waals surface area contributed by atoms with E-state index in [1.807, 2.05) is 0 Å². The van der Waals surface area contributed by atoms with Gasteiger partial charge in [0.05, 0.1) is 0 Å². The molecule has 0 radical (unpaired) electrons. The van der Waals surface area contributed by atoms with Gasteiger partial charge >= 0.3 is 12.2 Å². The van der Waals surface area contributed by atoms with Crippen molar-refractivity contribution in [3.63, 3.8) is 0 Å². The first-order valence-corrected chi connectivity index (χ1v) is 1.93. The number of carbonyl (C=O) groups is 2. The summed E-state index contributed by atoms with van der Waals surface area (Å²) in [5.74, 6) is 8.64. The molecule has 0 saturated heterocycles. The molecule has 0 bridgehead atoms. The van der Waals surface area contributed by atoms with Crippen molar-refractivity contribution in [1.82, 2.24) is 10.9 Å². The van der Waals surface area contributed by atoms with Crippen molar-refractivity contribution in [3.8, 4) is 0 Å². The van der Waals surface area contributed by atoms with Crippen LogP contribution in [0, 0.1) is 0 Å². The number of rotatable bonds is 0. The van der Waals surface area contributed by atoms with Crippen LogP contribution in [0.25, 0.3) is 0 Å². The predicted octanol–water partition coefficient (Wildman–Crippen LogP) is -1.75. The number of hydrogen-bond acceptors (Lipinski definition) is 4. The first-order chi connectivity index (χ1) is 4.54. The molecule has 0 unspecified atom stereocenters. The molecule has 0 saturated carbocycles. The van der Waals surface area contributed by atoms with Crippen molar-refractivity contribution in [2.45, 2.75) is 0 Å². The minimum atomic E-state index is -1.22. The average molecular weight is 218 g/mol. The Balaban J connectivity index is -0.000000107. The molecule has 0 heterocycles. The fourth-order valence-corrected chi connectivity index (χ4v) is 0. The molecular formula is C2H8N4O4Zn. The van der Waals surface area contributed by atoms with E-state index in [1.165, 1.54) is 10.9 Å². The maximum Gasteiger partial charge on any atom is 0.418 e. The number of nitrogens with one attached hydrogen (secondary N) is 2. The van der Waals surface area contributed by atoms with Crippen LogP contribution in [0.4, 0.5) is 9.59 Å². The zero-order chi connectivity index (χ0) is 8.57. The van der Waals surface area contributed by atoms with Crippen molar-refractivity contribution in [3.05, 3.63) is 0 Å². The minimum Gasteiger partial charge on any atom is -0.464 e. The van der Waals surface area contributed by atoms with Crippen molar-refractivity contribution in [1.29, 1.82) is 0 Å². The third-order valence-electron chi connectivity index (χ3n) is 0.247. The maximum absolute atomic E-state index is 9.13. The fourth-order valence-electron chi connectivity index (χ4n) is 0. The fraction of sp³-hybridized carbons (Fsp3) is 0.